The Labute approximate surface area is 154 Å². The summed E-state index contributed by atoms with van der Waals surface area (Å²) in [4.78, 5) is 0. The first-order chi connectivity index (χ1) is 12.8. The zero-order valence-electron chi connectivity index (χ0n) is 15.3. The average Bonchev–Trinajstić information content (AvgIpc) is 2.67. The van der Waals surface area contributed by atoms with Gasteiger partial charge in [-0.1, -0.05) is 55.8 Å². The molecule has 1 aliphatic carbocycles. The predicted octanol–water partition coefficient (Wildman–Crippen LogP) is 5.32. The minimum atomic E-state index is -0.299. The molecule has 0 aromatic heterocycles. The van der Waals surface area contributed by atoms with E-state index in [9.17, 15) is 5.11 Å². The van der Waals surface area contributed by atoms with Crippen LogP contribution < -0.4 is 5.32 Å². The number of aliphatic hydroxyl groups is 1. The third kappa shape index (κ3) is 2.33. The van der Waals surface area contributed by atoms with Gasteiger partial charge in [-0.15, -0.1) is 0 Å². The molecule has 2 atom stereocenters. The summed E-state index contributed by atoms with van der Waals surface area (Å²) in [6.07, 6.45) is 3.81. The van der Waals surface area contributed by atoms with Crippen molar-refractivity contribution in [3.8, 4) is 0 Å². The van der Waals surface area contributed by atoms with E-state index in [1.165, 1.54) is 49.9 Å². The smallest absolute Gasteiger partial charge is 0.0738 e. The second-order valence-corrected chi connectivity index (χ2v) is 7.69. The van der Waals surface area contributed by atoms with Crippen LogP contribution in [0.3, 0.4) is 0 Å². The molecule has 0 aliphatic heterocycles. The summed E-state index contributed by atoms with van der Waals surface area (Å²) in [6, 6.07) is 18.0. The number of aryl methyl sites for hydroxylation is 1. The first kappa shape index (κ1) is 16.0. The van der Waals surface area contributed by atoms with Crippen molar-refractivity contribution in [3.05, 3.63) is 59.7 Å². The standard InChI is InChI=1S/C24H25NO/c1-2-3-13-25-24-20-14-17-8-7-15-5-4-6-16-9-10-19(23(17)22(15)16)18(20)11-12-21(24)26/h4-10,14,21,24-26H,2-3,11-13H2,1H3/t21-,24+/m0/s1. The van der Waals surface area contributed by atoms with Crippen molar-refractivity contribution >= 4 is 32.3 Å². The molecule has 0 saturated heterocycles. The molecule has 5 rings (SSSR count). The van der Waals surface area contributed by atoms with E-state index in [1.807, 2.05) is 0 Å². The molecule has 0 heterocycles. The van der Waals surface area contributed by atoms with Crippen LogP contribution in [-0.2, 0) is 6.42 Å². The van der Waals surface area contributed by atoms with E-state index in [-0.39, 0.29) is 12.1 Å². The highest BCUT2D eigenvalue weighted by Gasteiger charge is 2.29. The quantitative estimate of drug-likeness (QED) is 0.388. The number of nitrogens with one attached hydrogen (secondary N) is 1. The van der Waals surface area contributed by atoms with E-state index >= 15 is 0 Å². The highest BCUT2D eigenvalue weighted by atomic mass is 16.3. The third-order valence-corrected chi connectivity index (χ3v) is 6.10. The van der Waals surface area contributed by atoms with Crippen LogP contribution in [0.4, 0.5) is 0 Å². The van der Waals surface area contributed by atoms with Crippen LogP contribution in [0.5, 0.6) is 0 Å². The fourth-order valence-electron chi connectivity index (χ4n) is 4.79. The van der Waals surface area contributed by atoms with Gasteiger partial charge in [0.1, 0.15) is 0 Å². The van der Waals surface area contributed by atoms with Gasteiger partial charge in [0.05, 0.1) is 12.1 Å². The van der Waals surface area contributed by atoms with Crippen molar-refractivity contribution in [2.24, 2.45) is 0 Å². The van der Waals surface area contributed by atoms with E-state index in [1.54, 1.807) is 0 Å². The lowest BCUT2D eigenvalue weighted by atomic mass is 9.80. The molecule has 4 aromatic rings. The van der Waals surface area contributed by atoms with Crippen molar-refractivity contribution in [2.45, 2.75) is 44.8 Å². The van der Waals surface area contributed by atoms with Gasteiger partial charge in [-0.3, -0.25) is 0 Å². The van der Waals surface area contributed by atoms with Gasteiger partial charge in [-0.05, 0) is 75.3 Å². The Balaban J connectivity index is 1.76. The molecule has 0 saturated carbocycles. The molecule has 2 heteroatoms. The van der Waals surface area contributed by atoms with Crippen molar-refractivity contribution in [1.82, 2.24) is 5.32 Å². The average molecular weight is 343 g/mol. The Kier molecular flexibility index (Phi) is 3.84. The molecule has 0 unspecified atom stereocenters. The molecule has 0 radical (unpaired) electrons. The normalized spacial score (nSPS) is 20.2. The predicted molar refractivity (Wildman–Crippen MR) is 110 cm³/mol. The number of aliphatic hydroxyl groups excluding tert-OH is 1. The molecule has 0 fully saturated rings. The largest absolute Gasteiger partial charge is 0.391 e. The molecule has 2 nitrogen and oxygen atoms in total. The molecule has 1 aliphatic rings. The fraction of sp³-hybridized carbons (Fsp3) is 0.333. The first-order valence-corrected chi connectivity index (χ1v) is 9.88. The summed E-state index contributed by atoms with van der Waals surface area (Å²) in [7, 11) is 0. The second kappa shape index (κ2) is 6.22. The third-order valence-electron chi connectivity index (χ3n) is 6.10. The van der Waals surface area contributed by atoms with Crippen molar-refractivity contribution < 1.29 is 5.11 Å². The summed E-state index contributed by atoms with van der Waals surface area (Å²) in [5, 5.41) is 22.3. The van der Waals surface area contributed by atoms with E-state index < -0.39 is 0 Å². The molecule has 0 bridgehead atoms. The van der Waals surface area contributed by atoms with Crippen LogP contribution in [-0.4, -0.2) is 17.8 Å². The Morgan fingerprint density at radius 3 is 2.58 bits per heavy atom. The van der Waals surface area contributed by atoms with Crippen molar-refractivity contribution in [3.63, 3.8) is 0 Å². The molecule has 4 aromatic carbocycles. The first-order valence-electron chi connectivity index (χ1n) is 9.88. The van der Waals surface area contributed by atoms with Crippen molar-refractivity contribution in [2.75, 3.05) is 6.54 Å². The fourth-order valence-corrected chi connectivity index (χ4v) is 4.79. The maximum Gasteiger partial charge on any atom is 0.0738 e. The Bertz CT molecular complexity index is 1070. The van der Waals surface area contributed by atoms with Gasteiger partial charge in [-0.25, -0.2) is 0 Å². The number of benzene rings is 4. The zero-order valence-corrected chi connectivity index (χ0v) is 15.3. The van der Waals surface area contributed by atoms with Gasteiger partial charge in [-0.2, -0.15) is 0 Å². The summed E-state index contributed by atoms with van der Waals surface area (Å²) in [5.74, 6) is 0. The molecule has 0 amide bonds. The lowest BCUT2D eigenvalue weighted by Gasteiger charge is -2.33. The van der Waals surface area contributed by atoms with Crippen LogP contribution in [0.15, 0.2) is 48.5 Å². The summed E-state index contributed by atoms with van der Waals surface area (Å²) < 4.78 is 0. The van der Waals surface area contributed by atoms with E-state index in [0.717, 1.165) is 25.8 Å². The maximum absolute atomic E-state index is 10.7. The lowest BCUT2D eigenvalue weighted by molar-refractivity contribution is 0.111. The van der Waals surface area contributed by atoms with Gasteiger partial charge >= 0.3 is 0 Å². The molecule has 132 valence electrons. The minimum absolute atomic E-state index is 0.0483. The zero-order chi connectivity index (χ0) is 17.7. The summed E-state index contributed by atoms with van der Waals surface area (Å²) >= 11 is 0. The molecular weight excluding hydrogens is 318 g/mol. The van der Waals surface area contributed by atoms with Crippen LogP contribution in [0.2, 0.25) is 0 Å². The van der Waals surface area contributed by atoms with Crippen LogP contribution in [0.25, 0.3) is 32.3 Å². The number of rotatable bonds is 4. The SMILES string of the molecule is CCCCN[C@@H]1c2cc3ccc4cccc5ccc(c2CC[C@@H]1O)c3c45. The second-order valence-electron chi connectivity index (χ2n) is 7.69. The topological polar surface area (TPSA) is 32.3 Å². The minimum Gasteiger partial charge on any atom is -0.391 e. The van der Waals surface area contributed by atoms with E-state index in [0.29, 0.717) is 0 Å². The number of unbranched alkanes of at least 4 members (excludes halogenated alkanes) is 1. The number of hydrogen-bond donors (Lipinski definition) is 2. The molecular formula is C24H25NO. The summed E-state index contributed by atoms with van der Waals surface area (Å²) in [5.41, 5.74) is 2.72. The Hall–Kier alpha value is -2.16. The highest BCUT2D eigenvalue weighted by Crippen LogP contribution is 2.41. The lowest BCUT2D eigenvalue weighted by Crippen LogP contribution is -2.36. The van der Waals surface area contributed by atoms with Gasteiger partial charge < -0.3 is 10.4 Å². The molecule has 26 heavy (non-hydrogen) atoms. The monoisotopic (exact) mass is 343 g/mol. The van der Waals surface area contributed by atoms with Gasteiger partial charge in [0, 0.05) is 0 Å². The molecule has 2 N–H and O–H groups in total. The summed E-state index contributed by atoms with van der Waals surface area (Å²) in [6.45, 7) is 3.17. The van der Waals surface area contributed by atoms with Gasteiger partial charge in [0.15, 0.2) is 0 Å². The Morgan fingerprint density at radius 2 is 1.77 bits per heavy atom. The Morgan fingerprint density at radius 1 is 1.00 bits per heavy atom. The van der Waals surface area contributed by atoms with E-state index in [2.05, 4.69) is 60.8 Å². The van der Waals surface area contributed by atoms with E-state index in [4.69, 9.17) is 0 Å². The van der Waals surface area contributed by atoms with Crippen molar-refractivity contribution in [1.29, 1.82) is 0 Å². The highest BCUT2D eigenvalue weighted by molar-refractivity contribution is 6.23. The number of hydrogen-bond acceptors (Lipinski definition) is 2. The van der Waals surface area contributed by atoms with Crippen LogP contribution in [0.1, 0.15) is 43.4 Å². The van der Waals surface area contributed by atoms with Gasteiger partial charge in [0.25, 0.3) is 0 Å². The van der Waals surface area contributed by atoms with Gasteiger partial charge in [0.2, 0.25) is 0 Å². The molecule has 0 spiro atoms. The number of fused-ring (bicyclic) bond motifs is 2. The van der Waals surface area contributed by atoms with Crippen LogP contribution in [0, 0.1) is 0 Å². The van der Waals surface area contributed by atoms with Crippen LogP contribution >= 0.6 is 0 Å². The maximum atomic E-state index is 10.7.